The van der Waals surface area contributed by atoms with Crippen molar-refractivity contribution >= 4 is 39.1 Å². The zero-order chi connectivity index (χ0) is 26.3. The molecule has 1 unspecified atom stereocenters. The fourth-order valence-corrected chi connectivity index (χ4v) is 5.65. The van der Waals surface area contributed by atoms with Crippen LogP contribution >= 0.6 is 11.6 Å². The van der Waals surface area contributed by atoms with Crippen LogP contribution in [-0.4, -0.2) is 50.0 Å². The van der Waals surface area contributed by atoms with Crippen molar-refractivity contribution < 1.29 is 22.4 Å². The molecule has 0 saturated heterocycles. The van der Waals surface area contributed by atoms with E-state index in [1.165, 1.54) is 23.1 Å². The van der Waals surface area contributed by atoms with Crippen LogP contribution in [0.25, 0.3) is 0 Å². The van der Waals surface area contributed by atoms with E-state index < -0.39 is 34.3 Å². The Morgan fingerprint density at radius 3 is 2.31 bits per heavy atom. The molecule has 1 fully saturated rings. The molecule has 196 valence electrons. The molecule has 36 heavy (non-hydrogen) atoms. The van der Waals surface area contributed by atoms with Gasteiger partial charge in [0, 0.05) is 12.6 Å². The molecular formula is C26H33ClFN3O4S. The minimum Gasteiger partial charge on any atom is -0.352 e. The van der Waals surface area contributed by atoms with E-state index in [2.05, 4.69) is 5.32 Å². The summed E-state index contributed by atoms with van der Waals surface area (Å²) in [6.45, 7) is 1.30. The molecule has 10 heteroatoms. The van der Waals surface area contributed by atoms with Gasteiger partial charge >= 0.3 is 0 Å². The predicted molar refractivity (Wildman–Crippen MR) is 140 cm³/mol. The summed E-state index contributed by atoms with van der Waals surface area (Å²) in [4.78, 5) is 28.4. The average Bonchev–Trinajstić information content (AvgIpc) is 2.84. The van der Waals surface area contributed by atoms with Gasteiger partial charge in [-0.1, -0.05) is 62.1 Å². The van der Waals surface area contributed by atoms with Crippen LogP contribution in [0.15, 0.2) is 48.5 Å². The van der Waals surface area contributed by atoms with E-state index in [1.807, 2.05) is 0 Å². The zero-order valence-corrected chi connectivity index (χ0v) is 22.2. The van der Waals surface area contributed by atoms with Gasteiger partial charge in [0.25, 0.3) is 0 Å². The number of benzene rings is 2. The topological polar surface area (TPSA) is 86.8 Å². The lowest BCUT2D eigenvalue weighted by Gasteiger charge is -2.34. The van der Waals surface area contributed by atoms with Gasteiger partial charge in [0.05, 0.1) is 17.0 Å². The second-order valence-corrected chi connectivity index (χ2v) is 11.5. The third-order valence-corrected chi connectivity index (χ3v) is 7.85. The Morgan fingerprint density at radius 2 is 1.72 bits per heavy atom. The van der Waals surface area contributed by atoms with E-state index in [0.717, 1.165) is 42.7 Å². The van der Waals surface area contributed by atoms with E-state index in [9.17, 15) is 22.4 Å². The van der Waals surface area contributed by atoms with E-state index in [-0.39, 0.29) is 29.2 Å². The van der Waals surface area contributed by atoms with Gasteiger partial charge < -0.3 is 10.2 Å². The third kappa shape index (κ3) is 7.43. The Balaban J connectivity index is 1.91. The second kappa shape index (κ2) is 12.5. The normalized spacial score (nSPS) is 15.2. The van der Waals surface area contributed by atoms with Crippen LogP contribution in [0.4, 0.5) is 10.1 Å². The summed E-state index contributed by atoms with van der Waals surface area (Å²) in [5.74, 6) is -1.25. The Bertz CT molecular complexity index is 1150. The highest BCUT2D eigenvalue weighted by molar-refractivity contribution is 7.92. The molecule has 2 aromatic rings. The maximum atomic E-state index is 13.7. The molecule has 3 rings (SSSR count). The number of anilines is 1. The molecule has 1 aliphatic rings. The smallest absolute Gasteiger partial charge is 0.244 e. The Morgan fingerprint density at radius 1 is 1.08 bits per heavy atom. The lowest BCUT2D eigenvalue weighted by atomic mass is 9.95. The van der Waals surface area contributed by atoms with Gasteiger partial charge in [-0.25, -0.2) is 12.8 Å². The standard InChI is InChI=1S/C26H33ClFN3O4S/c1-3-23(26(33)29-21-9-5-4-6-10-21)30(17-19-13-15-20(28)16-14-19)25(32)18-31(36(2,34)35)24-12-8-7-11-22(24)27/h7-8,11-16,21,23H,3-6,9-10,17-18H2,1-2H3,(H,29,33). The molecule has 0 spiro atoms. The first kappa shape index (κ1) is 27.9. The minimum atomic E-state index is -3.87. The summed E-state index contributed by atoms with van der Waals surface area (Å²) < 4.78 is 39.7. The Hall–Kier alpha value is -2.65. The average molecular weight is 538 g/mol. The van der Waals surface area contributed by atoms with Crippen molar-refractivity contribution in [2.75, 3.05) is 17.1 Å². The molecule has 0 heterocycles. The molecule has 0 radical (unpaired) electrons. The number of hydrogen-bond donors (Lipinski definition) is 1. The van der Waals surface area contributed by atoms with Crippen molar-refractivity contribution in [2.45, 2.75) is 64.1 Å². The number of carbonyl (C=O) groups excluding carboxylic acids is 2. The number of halogens is 2. The maximum Gasteiger partial charge on any atom is 0.244 e. The molecule has 7 nitrogen and oxygen atoms in total. The Labute approximate surface area is 217 Å². The van der Waals surface area contributed by atoms with Crippen molar-refractivity contribution in [1.82, 2.24) is 10.2 Å². The SMILES string of the molecule is CCC(C(=O)NC1CCCCC1)N(Cc1ccc(F)cc1)C(=O)CN(c1ccccc1Cl)S(C)(=O)=O. The number of hydrogen-bond acceptors (Lipinski definition) is 4. The summed E-state index contributed by atoms with van der Waals surface area (Å²) in [6.07, 6.45) is 6.34. The summed E-state index contributed by atoms with van der Waals surface area (Å²) in [6, 6.07) is 11.3. The minimum absolute atomic E-state index is 0.0236. The first-order valence-corrected chi connectivity index (χ1v) is 14.4. The van der Waals surface area contributed by atoms with Gasteiger partial charge in [-0.05, 0) is 49.1 Å². The van der Waals surface area contributed by atoms with Crippen molar-refractivity contribution in [3.05, 3.63) is 64.9 Å². The molecule has 0 bridgehead atoms. The number of carbonyl (C=O) groups is 2. The highest BCUT2D eigenvalue weighted by Crippen LogP contribution is 2.28. The van der Waals surface area contributed by atoms with Crippen LogP contribution in [0.2, 0.25) is 5.02 Å². The lowest BCUT2D eigenvalue weighted by molar-refractivity contribution is -0.140. The van der Waals surface area contributed by atoms with Gasteiger partial charge in [0.2, 0.25) is 21.8 Å². The van der Waals surface area contributed by atoms with E-state index in [4.69, 9.17) is 11.6 Å². The van der Waals surface area contributed by atoms with Gasteiger partial charge in [-0.15, -0.1) is 0 Å². The number of nitrogens with one attached hydrogen (secondary N) is 1. The number of nitrogens with zero attached hydrogens (tertiary/aromatic N) is 2. The fourth-order valence-electron chi connectivity index (χ4n) is 4.50. The van der Waals surface area contributed by atoms with Crippen LogP contribution in [0.1, 0.15) is 51.0 Å². The first-order valence-electron chi connectivity index (χ1n) is 12.2. The maximum absolute atomic E-state index is 13.7. The van der Waals surface area contributed by atoms with Gasteiger partial charge in [-0.2, -0.15) is 0 Å². The molecule has 0 aromatic heterocycles. The molecule has 2 aromatic carbocycles. The number of sulfonamides is 1. The largest absolute Gasteiger partial charge is 0.352 e. The monoisotopic (exact) mass is 537 g/mol. The van der Waals surface area contributed by atoms with Gasteiger partial charge in [-0.3, -0.25) is 13.9 Å². The molecule has 1 aliphatic carbocycles. The number of para-hydroxylation sites is 1. The van der Waals surface area contributed by atoms with E-state index in [1.54, 1.807) is 37.3 Å². The van der Waals surface area contributed by atoms with Gasteiger partial charge in [0.1, 0.15) is 18.4 Å². The molecular weight excluding hydrogens is 505 g/mol. The molecule has 1 atom stereocenters. The van der Waals surface area contributed by atoms with Crippen molar-refractivity contribution in [2.24, 2.45) is 0 Å². The summed E-state index contributed by atoms with van der Waals surface area (Å²) in [5.41, 5.74) is 0.800. The van der Waals surface area contributed by atoms with Gasteiger partial charge in [0.15, 0.2) is 0 Å². The van der Waals surface area contributed by atoms with E-state index in [0.29, 0.717) is 12.0 Å². The van der Waals surface area contributed by atoms with Crippen molar-refractivity contribution in [3.8, 4) is 0 Å². The van der Waals surface area contributed by atoms with E-state index >= 15 is 0 Å². The lowest BCUT2D eigenvalue weighted by Crippen LogP contribution is -2.54. The highest BCUT2D eigenvalue weighted by Gasteiger charge is 2.33. The van der Waals surface area contributed by atoms with Crippen molar-refractivity contribution in [3.63, 3.8) is 0 Å². The van der Waals surface area contributed by atoms with Crippen LogP contribution < -0.4 is 9.62 Å². The van der Waals surface area contributed by atoms with Crippen LogP contribution in [0, 0.1) is 5.82 Å². The summed E-state index contributed by atoms with van der Waals surface area (Å²) in [5, 5.41) is 3.26. The fraction of sp³-hybridized carbons (Fsp3) is 0.462. The van der Waals surface area contributed by atoms with Crippen LogP contribution in [0.3, 0.4) is 0 Å². The second-order valence-electron chi connectivity index (χ2n) is 9.14. The number of amides is 2. The molecule has 0 aliphatic heterocycles. The predicted octanol–water partition coefficient (Wildman–Crippen LogP) is 4.50. The van der Waals surface area contributed by atoms with Crippen molar-refractivity contribution in [1.29, 1.82) is 0 Å². The highest BCUT2D eigenvalue weighted by atomic mass is 35.5. The zero-order valence-electron chi connectivity index (χ0n) is 20.6. The third-order valence-electron chi connectivity index (χ3n) is 6.40. The molecule has 1 saturated carbocycles. The Kier molecular flexibility index (Phi) is 9.73. The number of rotatable bonds is 10. The first-order chi connectivity index (χ1) is 17.1. The summed E-state index contributed by atoms with van der Waals surface area (Å²) >= 11 is 6.25. The van der Waals surface area contributed by atoms with Crippen LogP contribution in [-0.2, 0) is 26.2 Å². The van der Waals surface area contributed by atoms with Crippen LogP contribution in [0.5, 0.6) is 0 Å². The summed E-state index contributed by atoms with van der Waals surface area (Å²) in [7, 11) is -3.87. The quantitative estimate of drug-likeness (QED) is 0.483. The molecule has 2 amide bonds. The molecule has 1 N–H and O–H groups in total.